The SMILES string of the molecule is C1CCC(NC2CCCCC2)CC1.CSC(C)(C)[C@@H](NC(=O)OC(C)(C)C)C(=O)O. The van der Waals surface area contributed by atoms with Crippen LogP contribution in [0, 0.1) is 0 Å². The number of ether oxygens (including phenoxy) is 1. The summed E-state index contributed by atoms with van der Waals surface area (Å²) >= 11 is 1.37. The van der Waals surface area contributed by atoms with Crippen LogP contribution in [-0.4, -0.2) is 51.9 Å². The summed E-state index contributed by atoms with van der Waals surface area (Å²) in [5, 5.41) is 15.3. The van der Waals surface area contributed by atoms with E-state index in [9.17, 15) is 9.59 Å². The van der Waals surface area contributed by atoms with Crippen molar-refractivity contribution in [3.63, 3.8) is 0 Å². The lowest BCUT2D eigenvalue weighted by Gasteiger charge is -2.31. The van der Waals surface area contributed by atoms with Crippen LogP contribution in [0.5, 0.6) is 0 Å². The second kappa shape index (κ2) is 12.8. The fourth-order valence-corrected chi connectivity index (χ4v) is 4.34. The predicted octanol–water partition coefficient (Wildman–Crippen LogP) is 5.35. The summed E-state index contributed by atoms with van der Waals surface area (Å²) < 4.78 is 4.43. The van der Waals surface area contributed by atoms with E-state index in [4.69, 9.17) is 9.84 Å². The summed E-state index contributed by atoms with van der Waals surface area (Å²) in [4.78, 5) is 22.7. The molecule has 6 nitrogen and oxygen atoms in total. The molecule has 0 heterocycles. The topological polar surface area (TPSA) is 87.7 Å². The molecule has 1 atom stereocenters. The van der Waals surface area contributed by atoms with E-state index in [1.54, 1.807) is 40.9 Å². The summed E-state index contributed by atoms with van der Waals surface area (Å²) in [7, 11) is 0. The monoisotopic (exact) mass is 444 g/mol. The molecule has 0 saturated heterocycles. The Labute approximate surface area is 187 Å². The number of aliphatic carboxylic acids is 1. The van der Waals surface area contributed by atoms with E-state index < -0.39 is 28.5 Å². The van der Waals surface area contributed by atoms with Crippen molar-refractivity contribution in [2.24, 2.45) is 0 Å². The van der Waals surface area contributed by atoms with Crippen LogP contribution in [-0.2, 0) is 9.53 Å². The summed E-state index contributed by atoms with van der Waals surface area (Å²) in [6.45, 7) is 8.69. The van der Waals surface area contributed by atoms with Crippen molar-refractivity contribution in [1.29, 1.82) is 0 Å². The molecule has 0 aromatic heterocycles. The van der Waals surface area contributed by atoms with Gasteiger partial charge < -0.3 is 20.5 Å². The molecule has 176 valence electrons. The lowest BCUT2D eigenvalue weighted by Crippen LogP contribution is -2.53. The number of carboxylic acids is 1. The van der Waals surface area contributed by atoms with Gasteiger partial charge in [0.2, 0.25) is 0 Å². The first-order valence-corrected chi connectivity index (χ1v) is 12.7. The second-order valence-electron chi connectivity index (χ2n) is 10.1. The molecule has 2 fully saturated rings. The van der Waals surface area contributed by atoms with Gasteiger partial charge in [0, 0.05) is 16.8 Å². The van der Waals surface area contributed by atoms with Gasteiger partial charge in [-0.2, -0.15) is 11.8 Å². The molecule has 3 N–H and O–H groups in total. The summed E-state index contributed by atoms with van der Waals surface area (Å²) in [6, 6.07) is 0.751. The molecule has 2 aliphatic carbocycles. The van der Waals surface area contributed by atoms with Crippen molar-refractivity contribution in [3.8, 4) is 0 Å². The van der Waals surface area contributed by atoms with Crippen LogP contribution < -0.4 is 10.6 Å². The lowest BCUT2D eigenvalue weighted by molar-refractivity contribution is -0.140. The van der Waals surface area contributed by atoms with Crippen molar-refractivity contribution in [1.82, 2.24) is 10.6 Å². The molecule has 0 aliphatic heterocycles. The molecule has 30 heavy (non-hydrogen) atoms. The number of thioether (sulfide) groups is 1. The highest BCUT2D eigenvalue weighted by molar-refractivity contribution is 8.00. The third kappa shape index (κ3) is 10.9. The number of carbonyl (C=O) groups is 2. The minimum atomic E-state index is -1.07. The van der Waals surface area contributed by atoms with E-state index in [2.05, 4.69) is 10.6 Å². The number of carboxylic acid groups (broad SMARTS) is 1. The Morgan fingerprint density at radius 3 is 1.67 bits per heavy atom. The van der Waals surface area contributed by atoms with Gasteiger partial charge >= 0.3 is 12.1 Å². The number of alkyl carbamates (subject to hydrolysis) is 1. The van der Waals surface area contributed by atoms with Crippen molar-refractivity contribution in [2.45, 2.75) is 127 Å². The Balaban J connectivity index is 0.000000308. The van der Waals surface area contributed by atoms with Gasteiger partial charge in [-0.05, 0) is 66.6 Å². The Morgan fingerprint density at radius 2 is 1.33 bits per heavy atom. The fraction of sp³-hybridized carbons (Fsp3) is 0.913. The molecule has 0 aromatic rings. The maximum absolute atomic E-state index is 11.5. The Hall–Kier alpha value is -0.950. The number of hydrogen-bond donors (Lipinski definition) is 3. The molecule has 2 saturated carbocycles. The maximum Gasteiger partial charge on any atom is 0.408 e. The number of nitrogens with one attached hydrogen (secondary N) is 2. The standard InChI is InChI=1S/C12H23N.C11H21NO4S/c1-3-7-11(8-4-1)13-12-9-5-2-6-10-12;1-10(2,3)16-9(15)12-7(8(13)14)11(4,5)17-6/h11-13H,1-10H2;7H,1-6H3,(H,12,15)(H,13,14)/t;7-/m.0/s1. The highest BCUT2D eigenvalue weighted by Gasteiger charge is 2.37. The van der Waals surface area contributed by atoms with Gasteiger partial charge in [-0.3, -0.25) is 0 Å². The van der Waals surface area contributed by atoms with Crippen LogP contribution in [0.15, 0.2) is 0 Å². The smallest absolute Gasteiger partial charge is 0.408 e. The first-order chi connectivity index (χ1) is 13.9. The molecular formula is C23H44N2O4S. The number of hydrogen-bond acceptors (Lipinski definition) is 5. The normalized spacial score (nSPS) is 19.9. The third-order valence-electron chi connectivity index (χ3n) is 5.81. The highest BCUT2D eigenvalue weighted by atomic mass is 32.2. The van der Waals surface area contributed by atoms with Gasteiger partial charge in [-0.25, -0.2) is 9.59 Å². The molecule has 0 unspecified atom stereocenters. The van der Waals surface area contributed by atoms with Crippen molar-refractivity contribution in [2.75, 3.05) is 6.26 Å². The van der Waals surface area contributed by atoms with Crippen molar-refractivity contribution < 1.29 is 19.4 Å². The number of rotatable bonds is 6. The zero-order valence-electron chi connectivity index (χ0n) is 19.9. The van der Waals surface area contributed by atoms with Gasteiger partial charge in [-0.1, -0.05) is 38.5 Å². The Kier molecular flexibility index (Phi) is 11.6. The van der Waals surface area contributed by atoms with Gasteiger partial charge in [0.1, 0.15) is 11.6 Å². The quantitative estimate of drug-likeness (QED) is 0.512. The molecule has 0 bridgehead atoms. The lowest BCUT2D eigenvalue weighted by atomic mass is 9.91. The van der Waals surface area contributed by atoms with Gasteiger partial charge in [0.25, 0.3) is 0 Å². The summed E-state index contributed by atoms with van der Waals surface area (Å²) in [6.07, 6.45) is 15.6. The Morgan fingerprint density at radius 1 is 0.900 bits per heavy atom. The first-order valence-electron chi connectivity index (χ1n) is 11.5. The maximum atomic E-state index is 11.5. The first kappa shape index (κ1) is 27.1. The molecular weight excluding hydrogens is 400 g/mol. The van der Waals surface area contributed by atoms with Crippen LogP contribution >= 0.6 is 11.8 Å². The minimum Gasteiger partial charge on any atom is -0.480 e. The van der Waals surface area contributed by atoms with E-state index in [1.165, 1.54) is 76.0 Å². The average Bonchev–Trinajstić information content (AvgIpc) is 2.66. The van der Waals surface area contributed by atoms with Gasteiger partial charge in [0.15, 0.2) is 0 Å². The summed E-state index contributed by atoms with van der Waals surface area (Å²) in [5.41, 5.74) is -0.642. The number of carbonyl (C=O) groups excluding carboxylic acids is 1. The fourth-order valence-electron chi connectivity index (χ4n) is 3.95. The van der Waals surface area contributed by atoms with E-state index >= 15 is 0 Å². The van der Waals surface area contributed by atoms with Crippen LogP contribution in [0.3, 0.4) is 0 Å². The van der Waals surface area contributed by atoms with Crippen LogP contribution in [0.25, 0.3) is 0 Å². The second-order valence-corrected chi connectivity index (χ2v) is 11.5. The third-order valence-corrected chi connectivity index (χ3v) is 7.10. The van der Waals surface area contributed by atoms with Crippen LogP contribution in [0.4, 0.5) is 4.79 Å². The molecule has 1 amide bonds. The Bertz CT molecular complexity index is 506. The molecule has 0 aromatic carbocycles. The molecule has 2 aliphatic rings. The van der Waals surface area contributed by atoms with Crippen molar-refractivity contribution >= 4 is 23.8 Å². The summed E-state index contributed by atoms with van der Waals surface area (Å²) in [5.74, 6) is -1.07. The van der Waals surface area contributed by atoms with Gasteiger partial charge in [-0.15, -0.1) is 0 Å². The predicted molar refractivity (Wildman–Crippen MR) is 125 cm³/mol. The zero-order valence-corrected chi connectivity index (χ0v) is 20.7. The molecule has 7 heteroatoms. The van der Waals surface area contributed by atoms with Gasteiger partial charge in [0.05, 0.1) is 0 Å². The van der Waals surface area contributed by atoms with Crippen LogP contribution in [0.2, 0.25) is 0 Å². The molecule has 0 spiro atoms. The average molecular weight is 445 g/mol. The molecule has 2 rings (SSSR count). The number of amides is 1. The minimum absolute atomic E-state index is 0.608. The zero-order chi connectivity index (χ0) is 22.8. The molecule has 0 radical (unpaired) electrons. The highest BCUT2D eigenvalue weighted by Crippen LogP contribution is 2.26. The van der Waals surface area contributed by atoms with E-state index in [-0.39, 0.29) is 0 Å². The van der Waals surface area contributed by atoms with E-state index in [1.807, 2.05) is 0 Å². The van der Waals surface area contributed by atoms with E-state index in [0.717, 1.165) is 12.1 Å². The van der Waals surface area contributed by atoms with Crippen LogP contribution in [0.1, 0.15) is 98.8 Å². The largest absolute Gasteiger partial charge is 0.480 e. The van der Waals surface area contributed by atoms with Crippen molar-refractivity contribution in [3.05, 3.63) is 0 Å². The van der Waals surface area contributed by atoms with E-state index in [0.29, 0.717) is 0 Å².